The van der Waals surface area contributed by atoms with Gasteiger partial charge in [0, 0.05) is 29.9 Å². The number of benzene rings is 1. The highest BCUT2D eigenvalue weighted by atomic mass is 16.5. The van der Waals surface area contributed by atoms with Gasteiger partial charge in [-0.3, -0.25) is 19.2 Å². The van der Waals surface area contributed by atoms with Gasteiger partial charge < -0.3 is 14.6 Å². The van der Waals surface area contributed by atoms with Gasteiger partial charge in [-0.15, -0.1) is 0 Å². The van der Waals surface area contributed by atoms with Crippen molar-refractivity contribution >= 4 is 29.1 Å². The zero-order valence-electron chi connectivity index (χ0n) is 17.9. The first-order chi connectivity index (χ1) is 14.1. The molecule has 30 heavy (non-hydrogen) atoms. The molecule has 7 nitrogen and oxygen atoms in total. The minimum Gasteiger partial charge on any atom is -0.457 e. The number of nitrogens with one attached hydrogen (secondary N) is 1. The molecule has 1 atom stereocenters. The van der Waals surface area contributed by atoms with Gasteiger partial charge in [-0.2, -0.15) is 0 Å². The lowest BCUT2D eigenvalue weighted by Gasteiger charge is -2.20. The number of anilines is 1. The number of aromatic amines is 1. The number of Topliss-reactive ketones (excluding diaryl/α,β-unsaturated/α-hetero) is 2. The molecule has 1 fully saturated rings. The summed E-state index contributed by atoms with van der Waals surface area (Å²) in [5.41, 5.74) is 4.77. The Bertz CT molecular complexity index is 1050. The fourth-order valence-electron chi connectivity index (χ4n) is 4.01. The van der Waals surface area contributed by atoms with Crippen molar-refractivity contribution in [2.24, 2.45) is 5.92 Å². The largest absolute Gasteiger partial charge is 0.457 e. The second kappa shape index (κ2) is 8.26. The molecule has 7 heteroatoms. The zero-order chi connectivity index (χ0) is 22.2. The van der Waals surface area contributed by atoms with Crippen LogP contribution in [0.4, 0.5) is 5.69 Å². The van der Waals surface area contributed by atoms with Crippen molar-refractivity contribution in [3.63, 3.8) is 0 Å². The van der Waals surface area contributed by atoms with Crippen molar-refractivity contribution in [1.82, 2.24) is 4.98 Å². The van der Waals surface area contributed by atoms with Crippen molar-refractivity contribution in [1.29, 1.82) is 0 Å². The van der Waals surface area contributed by atoms with Crippen molar-refractivity contribution < 1.29 is 23.9 Å². The fraction of sp³-hybridized carbons (Fsp3) is 0.391. The average molecular weight is 410 g/mol. The van der Waals surface area contributed by atoms with E-state index in [0.29, 0.717) is 16.8 Å². The number of aromatic nitrogens is 1. The molecule has 3 rings (SSSR count). The molecule has 1 aromatic heterocycles. The normalized spacial score (nSPS) is 16.1. The monoisotopic (exact) mass is 410 g/mol. The molecule has 1 aliphatic heterocycles. The summed E-state index contributed by atoms with van der Waals surface area (Å²) < 4.78 is 5.22. The van der Waals surface area contributed by atoms with Gasteiger partial charge in [-0.25, -0.2) is 0 Å². The second-order valence-electron chi connectivity index (χ2n) is 7.84. The quantitative estimate of drug-likeness (QED) is 0.583. The van der Waals surface area contributed by atoms with Crippen molar-refractivity contribution in [2.75, 3.05) is 18.1 Å². The number of aryl methyl sites for hydroxylation is 2. The Morgan fingerprint density at radius 2 is 1.83 bits per heavy atom. The van der Waals surface area contributed by atoms with E-state index in [9.17, 15) is 19.2 Å². The summed E-state index contributed by atoms with van der Waals surface area (Å²) in [5.74, 6) is -1.87. The van der Waals surface area contributed by atoms with Gasteiger partial charge in [0.15, 0.2) is 12.4 Å². The molecule has 0 saturated carbocycles. The molecule has 1 saturated heterocycles. The minimum atomic E-state index is -0.621. The van der Waals surface area contributed by atoms with Crippen LogP contribution >= 0.6 is 0 Å². The van der Waals surface area contributed by atoms with E-state index in [1.165, 1.54) is 6.92 Å². The standard InChI is InChI=1S/C23H26N2O5/c1-12-7-6-8-18(13(12)2)25-10-17(9-20(25)28)23(29)30-11-19(27)22-14(3)21(16(5)26)15(4)24-22/h6-8,17,24H,9-11H2,1-5H3/t17-/m0/s1. The number of hydrogen-bond donors (Lipinski definition) is 1. The highest BCUT2D eigenvalue weighted by molar-refractivity contribution is 6.04. The third-order valence-corrected chi connectivity index (χ3v) is 5.74. The van der Waals surface area contributed by atoms with E-state index in [2.05, 4.69) is 4.98 Å². The molecule has 1 amide bonds. The van der Waals surface area contributed by atoms with E-state index in [1.54, 1.807) is 18.7 Å². The molecule has 1 aliphatic rings. The van der Waals surface area contributed by atoms with E-state index < -0.39 is 24.3 Å². The van der Waals surface area contributed by atoms with Crippen molar-refractivity contribution in [3.8, 4) is 0 Å². The summed E-state index contributed by atoms with van der Waals surface area (Å²) in [4.78, 5) is 53.7. The lowest BCUT2D eigenvalue weighted by Crippen LogP contribution is -2.28. The SMILES string of the molecule is CC(=O)c1c(C)[nH]c(C(=O)COC(=O)[C@H]2CC(=O)N(c3cccc(C)c3C)C2)c1C. The summed E-state index contributed by atoms with van der Waals surface area (Å²) in [5, 5.41) is 0. The van der Waals surface area contributed by atoms with Crippen LogP contribution in [0.5, 0.6) is 0 Å². The Balaban J connectivity index is 1.65. The van der Waals surface area contributed by atoms with Crippen LogP contribution in [0.2, 0.25) is 0 Å². The van der Waals surface area contributed by atoms with E-state index in [1.807, 2.05) is 32.0 Å². The molecule has 0 aliphatic carbocycles. The lowest BCUT2D eigenvalue weighted by atomic mass is 10.1. The van der Waals surface area contributed by atoms with Crippen LogP contribution in [0, 0.1) is 33.6 Å². The third kappa shape index (κ3) is 3.92. The van der Waals surface area contributed by atoms with Gasteiger partial charge in [-0.05, 0) is 57.4 Å². The number of ether oxygens (including phenoxy) is 1. The Hall–Kier alpha value is -3.22. The Morgan fingerprint density at radius 3 is 2.47 bits per heavy atom. The molecule has 2 aromatic rings. The van der Waals surface area contributed by atoms with Crippen LogP contribution in [0.3, 0.4) is 0 Å². The number of ketones is 2. The van der Waals surface area contributed by atoms with E-state index in [-0.39, 0.29) is 30.3 Å². The van der Waals surface area contributed by atoms with Crippen LogP contribution in [-0.2, 0) is 14.3 Å². The van der Waals surface area contributed by atoms with Gasteiger partial charge >= 0.3 is 5.97 Å². The van der Waals surface area contributed by atoms with Crippen molar-refractivity contribution in [3.05, 3.63) is 51.8 Å². The molecular weight excluding hydrogens is 384 g/mol. The van der Waals surface area contributed by atoms with Gasteiger partial charge in [-0.1, -0.05) is 12.1 Å². The second-order valence-corrected chi connectivity index (χ2v) is 7.84. The van der Waals surface area contributed by atoms with Crippen LogP contribution in [-0.4, -0.2) is 41.6 Å². The number of carbonyl (C=O) groups is 4. The van der Waals surface area contributed by atoms with Gasteiger partial charge in [0.1, 0.15) is 0 Å². The van der Waals surface area contributed by atoms with Crippen molar-refractivity contribution in [2.45, 2.75) is 41.0 Å². The number of nitrogens with zero attached hydrogens (tertiary/aromatic N) is 1. The van der Waals surface area contributed by atoms with E-state index in [0.717, 1.165) is 16.8 Å². The summed E-state index contributed by atoms with van der Waals surface area (Å²) in [6.07, 6.45) is 0.0511. The van der Waals surface area contributed by atoms with Crippen LogP contribution in [0.15, 0.2) is 18.2 Å². The van der Waals surface area contributed by atoms with E-state index >= 15 is 0 Å². The van der Waals surface area contributed by atoms with Crippen LogP contribution < -0.4 is 4.90 Å². The summed E-state index contributed by atoms with van der Waals surface area (Å²) in [7, 11) is 0. The fourth-order valence-corrected chi connectivity index (χ4v) is 4.01. The maximum absolute atomic E-state index is 12.5. The molecule has 1 aromatic carbocycles. The minimum absolute atomic E-state index is 0.0511. The summed E-state index contributed by atoms with van der Waals surface area (Å²) in [6, 6.07) is 5.71. The number of carbonyl (C=O) groups excluding carboxylic acids is 4. The predicted molar refractivity (Wildman–Crippen MR) is 112 cm³/mol. The molecule has 2 heterocycles. The van der Waals surface area contributed by atoms with Gasteiger partial charge in [0.2, 0.25) is 11.7 Å². The highest BCUT2D eigenvalue weighted by Crippen LogP contribution is 2.30. The highest BCUT2D eigenvalue weighted by Gasteiger charge is 2.37. The summed E-state index contributed by atoms with van der Waals surface area (Å²) in [6.45, 7) is 8.55. The van der Waals surface area contributed by atoms with Gasteiger partial charge in [0.05, 0.1) is 11.6 Å². The molecule has 0 unspecified atom stereocenters. The lowest BCUT2D eigenvalue weighted by molar-refractivity contribution is -0.147. The first-order valence-corrected chi connectivity index (χ1v) is 9.88. The molecule has 0 bridgehead atoms. The van der Waals surface area contributed by atoms with Gasteiger partial charge in [0.25, 0.3) is 0 Å². The molecule has 0 radical (unpaired) electrons. The number of hydrogen-bond acceptors (Lipinski definition) is 5. The number of amides is 1. The Kier molecular flexibility index (Phi) is 5.92. The molecule has 1 N–H and O–H groups in total. The number of H-pyrrole nitrogens is 1. The molecule has 0 spiro atoms. The first kappa shape index (κ1) is 21.5. The zero-order valence-corrected chi connectivity index (χ0v) is 17.9. The van der Waals surface area contributed by atoms with E-state index in [4.69, 9.17) is 4.74 Å². The maximum Gasteiger partial charge on any atom is 0.311 e. The summed E-state index contributed by atoms with van der Waals surface area (Å²) >= 11 is 0. The number of esters is 1. The predicted octanol–water partition coefficient (Wildman–Crippen LogP) is 3.23. The Morgan fingerprint density at radius 1 is 1.13 bits per heavy atom. The van der Waals surface area contributed by atoms with Crippen LogP contribution in [0.1, 0.15) is 56.6 Å². The topological polar surface area (TPSA) is 96.5 Å². The maximum atomic E-state index is 12.5. The number of rotatable bonds is 6. The smallest absolute Gasteiger partial charge is 0.311 e. The van der Waals surface area contributed by atoms with Crippen LogP contribution in [0.25, 0.3) is 0 Å². The third-order valence-electron chi connectivity index (χ3n) is 5.74. The average Bonchev–Trinajstić information content (AvgIpc) is 3.21. The Labute approximate surface area is 175 Å². The first-order valence-electron chi connectivity index (χ1n) is 9.88. The molecule has 158 valence electrons. The molecular formula is C23H26N2O5.